The van der Waals surface area contributed by atoms with Gasteiger partial charge in [-0.2, -0.15) is 0 Å². The normalized spacial score (nSPS) is 10.4. The number of benzene rings is 1. The van der Waals surface area contributed by atoms with Gasteiger partial charge in [0.05, 0.1) is 0 Å². The maximum absolute atomic E-state index is 11.7. The fourth-order valence-electron chi connectivity index (χ4n) is 1.85. The monoisotopic (exact) mass is 262 g/mol. The van der Waals surface area contributed by atoms with Crippen molar-refractivity contribution >= 4 is 17.5 Å². The highest BCUT2D eigenvalue weighted by molar-refractivity contribution is 5.91. The number of amides is 2. The highest BCUT2D eigenvalue weighted by Gasteiger charge is 2.11. The molecular weight excluding hydrogens is 240 g/mol. The molecule has 4 heteroatoms. The third kappa shape index (κ3) is 4.73. The molecule has 0 aliphatic carbocycles. The molecule has 0 spiro atoms. The lowest BCUT2D eigenvalue weighted by Crippen LogP contribution is -2.36. The zero-order valence-electron chi connectivity index (χ0n) is 12.1. The summed E-state index contributed by atoms with van der Waals surface area (Å²) in [4.78, 5) is 24.2. The van der Waals surface area contributed by atoms with Gasteiger partial charge in [0.1, 0.15) is 0 Å². The Bertz CT molecular complexity index is 438. The lowest BCUT2D eigenvalue weighted by molar-refractivity contribution is -0.119. The Morgan fingerprint density at radius 3 is 2.16 bits per heavy atom. The van der Waals surface area contributed by atoms with E-state index < -0.39 is 0 Å². The van der Waals surface area contributed by atoms with Gasteiger partial charge in [-0.05, 0) is 23.6 Å². The van der Waals surface area contributed by atoms with E-state index in [2.05, 4.69) is 19.2 Å². The van der Waals surface area contributed by atoms with Gasteiger partial charge in [0.25, 0.3) is 0 Å². The minimum atomic E-state index is -0.0846. The molecule has 0 aromatic heterocycles. The average molecular weight is 262 g/mol. The van der Waals surface area contributed by atoms with Gasteiger partial charge in [-0.1, -0.05) is 26.0 Å². The molecule has 4 nitrogen and oxygen atoms in total. The smallest absolute Gasteiger partial charge is 0.223 e. The summed E-state index contributed by atoms with van der Waals surface area (Å²) in [6.07, 6.45) is 0. The van der Waals surface area contributed by atoms with Crippen LogP contribution in [-0.2, 0) is 9.59 Å². The van der Waals surface area contributed by atoms with Gasteiger partial charge in [-0.3, -0.25) is 9.59 Å². The first kappa shape index (κ1) is 15.2. The molecule has 0 fully saturated rings. The molecule has 0 bridgehead atoms. The van der Waals surface area contributed by atoms with Gasteiger partial charge in [0.15, 0.2) is 0 Å². The number of nitrogens with one attached hydrogen (secondary N) is 1. The molecule has 0 aliphatic heterocycles. The molecule has 19 heavy (non-hydrogen) atoms. The highest BCUT2D eigenvalue weighted by Crippen LogP contribution is 2.20. The van der Waals surface area contributed by atoms with Crippen molar-refractivity contribution in [2.75, 3.05) is 18.0 Å². The van der Waals surface area contributed by atoms with E-state index in [0.29, 0.717) is 19.0 Å². The number of carbonyl (C=O) groups excluding carboxylic acids is 2. The maximum atomic E-state index is 11.7. The van der Waals surface area contributed by atoms with Gasteiger partial charge >= 0.3 is 0 Å². The first-order valence-corrected chi connectivity index (χ1v) is 6.54. The molecule has 1 aromatic rings. The van der Waals surface area contributed by atoms with E-state index in [9.17, 15) is 9.59 Å². The third-order valence-electron chi connectivity index (χ3n) is 2.96. The van der Waals surface area contributed by atoms with Gasteiger partial charge in [0.2, 0.25) is 11.8 Å². The number of rotatable bonds is 5. The van der Waals surface area contributed by atoms with Crippen molar-refractivity contribution in [1.82, 2.24) is 5.32 Å². The lowest BCUT2D eigenvalue weighted by Gasteiger charge is -2.22. The van der Waals surface area contributed by atoms with Gasteiger partial charge in [-0.15, -0.1) is 0 Å². The fraction of sp³-hybridized carbons (Fsp3) is 0.467. The van der Waals surface area contributed by atoms with Gasteiger partial charge < -0.3 is 10.2 Å². The van der Waals surface area contributed by atoms with E-state index >= 15 is 0 Å². The molecule has 104 valence electrons. The number of hydrogen-bond acceptors (Lipinski definition) is 2. The molecule has 1 rings (SSSR count). The molecule has 0 radical (unpaired) electrons. The van der Waals surface area contributed by atoms with Crippen LogP contribution >= 0.6 is 0 Å². The van der Waals surface area contributed by atoms with Crippen LogP contribution in [0.4, 0.5) is 5.69 Å². The summed E-state index contributed by atoms with van der Waals surface area (Å²) in [6, 6.07) is 7.97. The molecule has 1 aromatic carbocycles. The van der Waals surface area contributed by atoms with E-state index in [1.54, 1.807) is 4.90 Å². The summed E-state index contributed by atoms with van der Waals surface area (Å²) in [5.74, 6) is 0.362. The Morgan fingerprint density at radius 1 is 1.16 bits per heavy atom. The van der Waals surface area contributed by atoms with E-state index in [1.807, 2.05) is 24.3 Å². The van der Waals surface area contributed by atoms with Crippen LogP contribution in [0, 0.1) is 0 Å². The third-order valence-corrected chi connectivity index (χ3v) is 2.96. The Balaban J connectivity index is 2.75. The quantitative estimate of drug-likeness (QED) is 0.885. The van der Waals surface area contributed by atoms with Crippen LogP contribution in [0.1, 0.15) is 39.2 Å². The van der Waals surface area contributed by atoms with Crippen LogP contribution in [0.5, 0.6) is 0 Å². The molecule has 1 N–H and O–H groups in total. The fourth-order valence-corrected chi connectivity index (χ4v) is 1.85. The molecule has 0 saturated carbocycles. The summed E-state index contributed by atoms with van der Waals surface area (Å²) in [5.41, 5.74) is 2.11. The summed E-state index contributed by atoms with van der Waals surface area (Å²) in [6.45, 7) is 8.21. The van der Waals surface area contributed by atoms with E-state index in [-0.39, 0.29) is 11.8 Å². The van der Waals surface area contributed by atoms with Crippen LogP contribution in [-0.4, -0.2) is 24.9 Å². The summed E-state index contributed by atoms with van der Waals surface area (Å²) < 4.78 is 0. The molecule has 0 unspecified atom stereocenters. The molecule has 0 heterocycles. The van der Waals surface area contributed by atoms with Gasteiger partial charge in [-0.25, -0.2) is 0 Å². The zero-order chi connectivity index (χ0) is 14.4. The molecule has 0 saturated heterocycles. The van der Waals surface area contributed by atoms with Crippen molar-refractivity contribution in [2.24, 2.45) is 0 Å². The Labute approximate surface area is 114 Å². The van der Waals surface area contributed by atoms with Crippen molar-refractivity contribution < 1.29 is 9.59 Å². The summed E-state index contributed by atoms with van der Waals surface area (Å²) >= 11 is 0. The minimum Gasteiger partial charge on any atom is -0.355 e. The molecule has 0 atom stereocenters. The number of carbonyl (C=O) groups is 2. The topological polar surface area (TPSA) is 49.4 Å². The summed E-state index contributed by atoms with van der Waals surface area (Å²) in [7, 11) is 0. The number of nitrogens with zero attached hydrogens (tertiary/aromatic N) is 1. The minimum absolute atomic E-state index is 0.0253. The predicted octanol–water partition coefficient (Wildman–Crippen LogP) is 2.30. The second-order valence-corrected chi connectivity index (χ2v) is 4.90. The average Bonchev–Trinajstić information content (AvgIpc) is 2.34. The second-order valence-electron chi connectivity index (χ2n) is 4.90. The first-order chi connectivity index (χ1) is 8.91. The van der Waals surface area contributed by atoms with Crippen LogP contribution in [0.3, 0.4) is 0 Å². The van der Waals surface area contributed by atoms with Crippen molar-refractivity contribution in [3.63, 3.8) is 0 Å². The van der Waals surface area contributed by atoms with Crippen LogP contribution in [0.15, 0.2) is 24.3 Å². The van der Waals surface area contributed by atoms with Crippen molar-refractivity contribution in [3.05, 3.63) is 29.8 Å². The maximum Gasteiger partial charge on any atom is 0.223 e. The first-order valence-electron chi connectivity index (χ1n) is 6.54. The zero-order valence-corrected chi connectivity index (χ0v) is 12.1. The van der Waals surface area contributed by atoms with E-state index in [0.717, 1.165) is 5.69 Å². The predicted molar refractivity (Wildman–Crippen MR) is 77.2 cm³/mol. The molecule has 0 aliphatic rings. The van der Waals surface area contributed by atoms with Crippen molar-refractivity contribution in [2.45, 2.75) is 33.6 Å². The van der Waals surface area contributed by atoms with Crippen molar-refractivity contribution in [3.8, 4) is 0 Å². The lowest BCUT2D eigenvalue weighted by atomic mass is 10.0. The number of hydrogen-bond donors (Lipinski definition) is 1. The van der Waals surface area contributed by atoms with E-state index in [1.165, 1.54) is 19.4 Å². The van der Waals surface area contributed by atoms with E-state index in [4.69, 9.17) is 0 Å². The Hall–Kier alpha value is -1.84. The molecular formula is C15H22N2O2. The largest absolute Gasteiger partial charge is 0.355 e. The van der Waals surface area contributed by atoms with Crippen LogP contribution < -0.4 is 10.2 Å². The standard InChI is InChI=1S/C15H22N2O2/c1-11(2)14-5-7-15(8-6-14)17(13(4)19)10-9-16-12(3)18/h5-8,11H,9-10H2,1-4H3,(H,16,18). The van der Waals surface area contributed by atoms with Crippen LogP contribution in [0.25, 0.3) is 0 Å². The second kappa shape index (κ2) is 6.92. The molecule has 2 amide bonds. The Morgan fingerprint density at radius 2 is 1.74 bits per heavy atom. The van der Waals surface area contributed by atoms with Gasteiger partial charge in [0, 0.05) is 32.6 Å². The SMILES string of the molecule is CC(=O)NCCN(C(C)=O)c1ccc(C(C)C)cc1. The highest BCUT2D eigenvalue weighted by atomic mass is 16.2. The number of anilines is 1. The summed E-state index contributed by atoms with van der Waals surface area (Å²) in [5, 5.41) is 2.70. The Kier molecular flexibility index (Phi) is 5.55. The van der Waals surface area contributed by atoms with Crippen molar-refractivity contribution in [1.29, 1.82) is 0 Å². The van der Waals surface area contributed by atoms with Crippen LogP contribution in [0.2, 0.25) is 0 Å².